The maximum absolute atomic E-state index is 11.4. The predicted octanol–water partition coefficient (Wildman–Crippen LogP) is 0.0699. The van der Waals surface area contributed by atoms with Gasteiger partial charge in [0.1, 0.15) is 0 Å². The highest BCUT2D eigenvalue weighted by Crippen LogP contribution is 2.30. The summed E-state index contributed by atoms with van der Waals surface area (Å²) in [6.45, 7) is 0.660. The van der Waals surface area contributed by atoms with Gasteiger partial charge >= 0.3 is 0 Å². The van der Waals surface area contributed by atoms with Crippen LogP contribution in [0.15, 0.2) is 36.2 Å². The Morgan fingerprint density at radius 1 is 1.38 bits per heavy atom. The number of hydroxylamine groups is 2. The first-order chi connectivity index (χ1) is 7.79. The fraction of sp³-hybridized carbons (Fsp3) is 0.300. The Morgan fingerprint density at radius 2 is 2.25 bits per heavy atom. The third-order valence-corrected chi connectivity index (χ3v) is 2.77. The summed E-state index contributed by atoms with van der Waals surface area (Å²) in [5.74, 6) is 1.00. The molecule has 0 unspecified atom stereocenters. The molecule has 0 aromatic carbocycles. The van der Waals surface area contributed by atoms with Crippen molar-refractivity contribution in [1.82, 2.24) is 20.4 Å². The van der Waals surface area contributed by atoms with Crippen molar-refractivity contribution in [3.8, 4) is 0 Å². The van der Waals surface area contributed by atoms with Crippen molar-refractivity contribution in [2.24, 2.45) is 0 Å². The van der Waals surface area contributed by atoms with Crippen LogP contribution in [0.2, 0.25) is 0 Å². The van der Waals surface area contributed by atoms with E-state index in [9.17, 15) is 4.79 Å². The summed E-state index contributed by atoms with van der Waals surface area (Å²) >= 11 is 0. The summed E-state index contributed by atoms with van der Waals surface area (Å²) in [5.41, 5.74) is 4.09. The van der Waals surface area contributed by atoms with Crippen molar-refractivity contribution in [3.05, 3.63) is 36.2 Å². The van der Waals surface area contributed by atoms with E-state index in [1.54, 1.807) is 24.4 Å². The topological polar surface area (TPSA) is 48.1 Å². The number of hydrogen-bond donors (Lipinski definition) is 1. The number of carbonyl (C=O) groups excluding carboxylic acids is 1. The highest BCUT2D eigenvalue weighted by Gasteiger charge is 2.32. The van der Waals surface area contributed by atoms with Gasteiger partial charge in [0.25, 0.3) is 0 Å². The first-order valence-electron chi connectivity index (χ1n) is 5.05. The van der Waals surface area contributed by atoms with Gasteiger partial charge in [-0.05, 0) is 6.08 Å². The summed E-state index contributed by atoms with van der Waals surface area (Å²) < 4.78 is 0. The zero-order valence-electron chi connectivity index (χ0n) is 8.88. The van der Waals surface area contributed by atoms with Crippen molar-refractivity contribution < 1.29 is 9.63 Å². The van der Waals surface area contributed by atoms with Gasteiger partial charge in [-0.1, -0.05) is 0 Å². The zero-order valence-corrected chi connectivity index (χ0v) is 8.88. The number of nitrogens with zero attached hydrogens (tertiary/aromatic N) is 3. The van der Waals surface area contributed by atoms with E-state index in [-0.39, 0.29) is 5.78 Å². The fourth-order valence-corrected chi connectivity index (χ4v) is 2.02. The molecule has 0 bridgehead atoms. The molecule has 0 saturated heterocycles. The van der Waals surface area contributed by atoms with Gasteiger partial charge in [-0.15, -0.1) is 0 Å². The van der Waals surface area contributed by atoms with Gasteiger partial charge in [-0.2, -0.15) is 0 Å². The van der Waals surface area contributed by atoms with Crippen LogP contribution in [0.4, 0.5) is 0 Å². The van der Waals surface area contributed by atoms with Crippen LogP contribution < -0.4 is 5.43 Å². The molecule has 0 fully saturated rings. The molecule has 0 radical (unpaired) electrons. The summed E-state index contributed by atoms with van der Waals surface area (Å²) in [7, 11) is 1.61. The van der Waals surface area contributed by atoms with Crippen LogP contribution >= 0.6 is 0 Å². The summed E-state index contributed by atoms with van der Waals surface area (Å²) in [4.78, 5) is 18.7. The van der Waals surface area contributed by atoms with Crippen molar-refractivity contribution in [2.75, 3.05) is 13.8 Å². The maximum atomic E-state index is 11.4. The number of hydrazine groups is 1. The van der Waals surface area contributed by atoms with E-state index in [0.717, 1.165) is 11.5 Å². The largest absolute Gasteiger partial charge is 0.315 e. The number of hydrogen-bond acceptors (Lipinski definition) is 6. The molecule has 3 aliphatic rings. The molecule has 6 nitrogen and oxygen atoms in total. The van der Waals surface area contributed by atoms with Gasteiger partial charge in [0.05, 0.1) is 32.1 Å². The van der Waals surface area contributed by atoms with E-state index in [4.69, 9.17) is 4.84 Å². The van der Waals surface area contributed by atoms with Crippen LogP contribution in [0, 0.1) is 0 Å². The number of allylic oxidation sites excluding steroid dienone is 2. The van der Waals surface area contributed by atoms with Crippen molar-refractivity contribution in [1.29, 1.82) is 0 Å². The maximum Gasteiger partial charge on any atom is 0.163 e. The number of carbonyl (C=O) groups is 1. The Kier molecular flexibility index (Phi) is 1.98. The van der Waals surface area contributed by atoms with E-state index in [2.05, 4.69) is 5.43 Å². The monoisotopic (exact) mass is 220 g/mol. The standard InChI is InChI=1S/C10H12N4O2/c1-16-14-5-4-12-7-11-13-3-2-8(15)6-9(13)10(12)14/h2-5,11H,6-7H2,1H3. The molecule has 0 saturated carbocycles. The lowest BCUT2D eigenvalue weighted by Crippen LogP contribution is -2.48. The number of ketones is 1. The highest BCUT2D eigenvalue weighted by molar-refractivity contribution is 5.92. The lowest BCUT2D eigenvalue weighted by Gasteiger charge is -2.38. The van der Waals surface area contributed by atoms with Crippen LogP contribution in [0.25, 0.3) is 0 Å². The average Bonchev–Trinajstić information content (AvgIpc) is 2.72. The molecule has 3 heterocycles. The van der Waals surface area contributed by atoms with E-state index in [0.29, 0.717) is 13.1 Å². The molecule has 6 heteroatoms. The minimum atomic E-state index is 0.102. The lowest BCUT2D eigenvalue weighted by atomic mass is 10.1. The first kappa shape index (κ1) is 9.44. The second-order valence-electron chi connectivity index (χ2n) is 3.69. The number of nitrogens with one attached hydrogen (secondary N) is 1. The summed E-state index contributed by atoms with van der Waals surface area (Å²) in [6, 6.07) is 0. The first-order valence-corrected chi connectivity index (χ1v) is 5.05. The Labute approximate surface area is 93.0 Å². The number of fused-ring (bicyclic) bond motifs is 2. The van der Waals surface area contributed by atoms with Gasteiger partial charge in [-0.3, -0.25) is 14.6 Å². The average molecular weight is 220 g/mol. The predicted molar refractivity (Wildman–Crippen MR) is 55.5 cm³/mol. The van der Waals surface area contributed by atoms with E-state index >= 15 is 0 Å². The van der Waals surface area contributed by atoms with Crippen molar-refractivity contribution in [3.63, 3.8) is 0 Å². The van der Waals surface area contributed by atoms with Crippen LogP contribution in [-0.2, 0) is 9.63 Å². The normalized spacial score (nSPS) is 23.1. The molecular weight excluding hydrogens is 208 g/mol. The smallest absolute Gasteiger partial charge is 0.163 e. The van der Waals surface area contributed by atoms with Crippen LogP contribution in [-0.4, -0.2) is 34.5 Å². The summed E-state index contributed by atoms with van der Waals surface area (Å²) in [5, 5.41) is 3.53. The highest BCUT2D eigenvalue weighted by atomic mass is 16.7. The molecule has 0 amide bonds. The second kappa shape index (κ2) is 3.36. The molecule has 0 aromatic heterocycles. The SMILES string of the molecule is CON1C=CN2CNN3C=CC(=O)CC3=C21. The van der Waals surface area contributed by atoms with Crippen molar-refractivity contribution in [2.45, 2.75) is 6.42 Å². The van der Waals surface area contributed by atoms with Gasteiger partial charge < -0.3 is 4.90 Å². The Balaban J connectivity index is 2.05. The third kappa shape index (κ3) is 1.24. The molecule has 0 spiro atoms. The van der Waals surface area contributed by atoms with E-state index in [1.807, 2.05) is 22.3 Å². The Morgan fingerprint density at radius 3 is 3.06 bits per heavy atom. The van der Waals surface area contributed by atoms with E-state index in [1.165, 1.54) is 0 Å². The minimum Gasteiger partial charge on any atom is -0.315 e. The van der Waals surface area contributed by atoms with Gasteiger partial charge in [0, 0.05) is 12.4 Å². The van der Waals surface area contributed by atoms with Gasteiger partial charge in [0.15, 0.2) is 11.6 Å². The zero-order chi connectivity index (χ0) is 11.1. The molecule has 16 heavy (non-hydrogen) atoms. The molecule has 0 aliphatic carbocycles. The van der Waals surface area contributed by atoms with Crippen LogP contribution in [0.3, 0.4) is 0 Å². The minimum absolute atomic E-state index is 0.102. The summed E-state index contributed by atoms with van der Waals surface area (Å²) in [6.07, 6.45) is 7.45. The molecule has 0 atom stereocenters. The fourth-order valence-electron chi connectivity index (χ4n) is 2.02. The van der Waals surface area contributed by atoms with Gasteiger partial charge in [0.2, 0.25) is 0 Å². The molecular formula is C10H12N4O2. The van der Waals surface area contributed by atoms with Crippen LogP contribution in [0.1, 0.15) is 6.42 Å². The Bertz CT molecular complexity index is 427. The quantitative estimate of drug-likeness (QED) is 0.675. The molecule has 1 N–H and O–H groups in total. The van der Waals surface area contributed by atoms with Crippen molar-refractivity contribution >= 4 is 5.78 Å². The molecule has 3 aliphatic heterocycles. The molecule has 0 aromatic rings. The number of rotatable bonds is 1. The second-order valence-corrected chi connectivity index (χ2v) is 3.69. The Hall–Kier alpha value is -1.79. The molecule has 84 valence electrons. The van der Waals surface area contributed by atoms with E-state index < -0.39 is 0 Å². The molecule has 3 rings (SSSR count). The third-order valence-electron chi connectivity index (χ3n) is 2.77. The van der Waals surface area contributed by atoms with Crippen LogP contribution in [0.5, 0.6) is 0 Å². The van der Waals surface area contributed by atoms with Gasteiger partial charge in [-0.25, -0.2) is 10.5 Å². The lowest BCUT2D eigenvalue weighted by molar-refractivity contribution is -0.115.